The zero-order valence-corrected chi connectivity index (χ0v) is 13.3. The van der Waals surface area contributed by atoms with E-state index in [4.69, 9.17) is 4.74 Å². The van der Waals surface area contributed by atoms with Crippen LogP contribution in [0.4, 0.5) is 5.69 Å². The molecule has 116 valence electrons. The molecule has 0 saturated carbocycles. The van der Waals surface area contributed by atoms with Crippen LogP contribution in [0.1, 0.15) is 32.3 Å². The molecule has 1 fully saturated rings. The van der Waals surface area contributed by atoms with Gasteiger partial charge in [0.25, 0.3) is 0 Å². The first kappa shape index (κ1) is 13.8. The van der Waals surface area contributed by atoms with E-state index in [9.17, 15) is 4.79 Å². The van der Waals surface area contributed by atoms with E-state index in [1.54, 1.807) is 0 Å². The summed E-state index contributed by atoms with van der Waals surface area (Å²) in [6, 6.07) is 8.77. The largest absolute Gasteiger partial charge is 0.466 e. The van der Waals surface area contributed by atoms with Crippen molar-refractivity contribution in [2.75, 3.05) is 19.0 Å². The zero-order valence-electron chi connectivity index (χ0n) is 13.3. The Morgan fingerprint density at radius 3 is 2.86 bits per heavy atom. The van der Waals surface area contributed by atoms with E-state index in [-0.39, 0.29) is 16.8 Å². The minimum absolute atomic E-state index is 0.00263. The first-order valence-electron chi connectivity index (χ1n) is 7.92. The van der Waals surface area contributed by atoms with Crippen LogP contribution in [0.2, 0.25) is 0 Å². The number of fused-ring (bicyclic) bond motifs is 1. The Bertz CT molecular complexity index is 692. The number of carbonyl (C=O) groups excluding carboxylic acids is 1. The number of esters is 1. The minimum atomic E-state index is -0.201. The van der Waals surface area contributed by atoms with Crippen molar-refractivity contribution >= 4 is 11.7 Å². The lowest BCUT2D eigenvalue weighted by atomic mass is 9.58. The summed E-state index contributed by atoms with van der Waals surface area (Å²) < 4.78 is 5.08. The summed E-state index contributed by atoms with van der Waals surface area (Å²) in [7, 11) is 1.47. The van der Waals surface area contributed by atoms with Crippen molar-refractivity contribution < 1.29 is 9.53 Å². The summed E-state index contributed by atoms with van der Waals surface area (Å²) >= 11 is 0. The number of anilines is 1. The molecule has 1 aromatic carbocycles. The number of benzene rings is 1. The monoisotopic (exact) mass is 298 g/mol. The van der Waals surface area contributed by atoms with E-state index < -0.39 is 0 Å². The van der Waals surface area contributed by atoms with Gasteiger partial charge in [-0.1, -0.05) is 32.0 Å². The molecule has 4 heteroatoms. The number of ether oxygens (including phenoxy) is 1. The van der Waals surface area contributed by atoms with Gasteiger partial charge in [-0.05, 0) is 36.4 Å². The Balaban J connectivity index is 2.01. The summed E-state index contributed by atoms with van der Waals surface area (Å²) in [4.78, 5) is 12.4. The molecule has 0 radical (unpaired) electrons. The lowest BCUT2D eigenvalue weighted by Gasteiger charge is -2.47. The molecule has 2 N–H and O–H groups in total. The second-order valence-corrected chi connectivity index (χ2v) is 7.29. The van der Waals surface area contributed by atoms with Gasteiger partial charge in [0.15, 0.2) is 0 Å². The highest BCUT2D eigenvalue weighted by atomic mass is 16.5. The number of rotatable bonds is 1. The lowest BCUT2D eigenvalue weighted by molar-refractivity contribution is -0.137. The van der Waals surface area contributed by atoms with Gasteiger partial charge in [0, 0.05) is 17.4 Å². The topological polar surface area (TPSA) is 50.4 Å². The summed E-state index contributed by atoms with van der Waals surface area (Å²) in [5.41, 5.74) is 4.20. The fraction of sp³-hybridized carbons (Fsp3) is 0.500. The molecule has 2 unspecified atom stereocenters. The third kappa shape index (κ3) is 1.53. The fourth-order valence-electron chi connectivity index (χ4n) is 4.89. The lowest BCUT2D eigenvalue weighted by Crippen LogP contribution is -2.54. The predicted octanol–water partition coefficient (Wildman–Crippen LogP) is 2.57. The molecule has 4 rings (SSSR count). The van der Waals surface area contributed by atoms with E-state index in [2.05, 4.69) is 42.7 Å². The number of hydrogen-bond acceptors (Lipinski definition) is 4. The minimum Gasteiger partial charge on any atom is -0.466 e. The number of carbonyl (C=O) groups is 1. The maximum atomic E-state index is 12.4. The number of nitrogens with one attached hydrogen (secondary N) is 2. The van der Waals surface area contributed by atoms with Gasteiger partial charge in [-0.15, -0.1) is 0 Å². The highest BCUT2D eigenvalue weighted by Crippen LogP contribution is 2.59. The van der Waals surface area contributed by atoms with Crippen LogP contribution >= 0.6 is 0 Å². The van der Waals surface area contributed by atoms with Crippen LogP contribution in [0, 0.1) is 5.41 Å². The average Bonchev–Trinajstić information content (AvgIpc) is 3.09. The SMILES string of the molecule is COC(=O)C1=C2Nc3ccccc3C23CCNC3C(C)(C)C1. The first-order chi connectivity index (χ1) is 10.5. The van der Waals surface area contributed by atoms with E-state index >= 15 is 0 Å². The van der Waals surface area contributed by atoms with Gasteiger partial charge < -0.3 is 15.4 Å². The zero-order chi connectivity index (χ0) is 15.5. The quantitative estimate of drug-likeness (QED) is 0.782. The Morgan fingerprint density at radius 1 is 1.32 bits per heavy atom. The number of para-hydroxylation sites is 1. The van der Waals surface area contributed by atoms with E-state index in [0.717, 1.165) is 36.3 Å². The second kappa shape index (κ2) is 4.35. The maximum Gasteiger partial charge on any atom is 0.335 e. The van der Waals surface area contributed by atoms with Crippen molar-refractivity contribution in [3.8, 4) is 0 Å². The van der Waals surface area contributed by atoms with Gasteiger partial charge >= 0.3 is 5.97 Å². The molecule has 0 aromatic heterocycles. The van der Waals surface area contributed by atoms with Crippen molar-refractivity contribution in [1.29, 1.82) is 0 Å². The predicted molar refractivity (Wildman–Crippen MR) is 85.6 cm³/mol. The Labute approximate surface area is 130 Å². The van der Waals surface area contributed by atoms with E-state index in [0.29, 0.717) is 6.04 Å². The summed E-state index contributed by atoms with van der Waals surface area (Å²) in [6.45, 7) is 5.47. The molecule has 22 heavy (non-hydrogen) atoms. The van der Waals surface area contributed by atoms with Crippen molar-refractivity contribution in [2.45, 2.75) is 38.1 Å². The molecule has 2 heterocycles. The molecular formula is C18H22N2O2. The average molecular weight is 298 g/mol. The normalized spacial score (nSPS) is 31.1. The van der Waals surface area contributed by atoms with Crippen LogP contribution in [0.3, 0.4) is 0 Å². The maximum absolute atomic E-state index is 12.4. The van der Waals surface area contributed by atoms with Crippen LogP contribution in [0.25, 0.3) is 0 Å². The Morgan fingerprint density at radius 2 is 2.09 bits per heavy atom. The van der Waals surface area contributed by atoms with E-state index in [1.165, 1.54) is 12.7 Å². The second-order valence-electron chi connectivity index (χ2n) is 7.29. The Hall–Kier alpha value is -1.81. The standard InChI is InChI=1S/C18H22N2O2/c1-17(2)10-11(15(21)22-3)14-18(8-9-19-16(17)18)12-6-4-5-7-13(12)20-14/h4-7,16,19-20H,8-10H2,1-3H3. The fourth-order valence-corrected chi connectivity index (χ4v) is 4.89. The van der Waals surface area contributed by atoms with Gasteiger partial charge in [0.2, 0.25) is 0 Å². The molecule has 2 aliphatic heterocycles. The molecule has 0 amide bonds. The molecule has 0 bridgehead atoms. The van der Waals surface area contributed by atoms with Crippen LogP contribution in [0.5, 0.6) is 0 Å². The van der Waals surface area contributed by atoms with Gasteiger partial charge in [-0.2, -0.15) is 0 Å². The molecule has 1 aliphatic carbocycles. The van der Waals surface area contributed by atoms with Crippen molar-refractivity contribution in [2.24, 2.45) is 5.41 Å². The summed E-state index contributed by atoms with van der Waals surface area (Å²) in [6.07, 6.45) is 1.75. The molecule has 1 aromatic rings. The summed E-state index contributed by atoms with van der Waals surface area (Å²) in [5.74, 6) is -0.201. The number of methoxy groups -OCH3 is 1. The molecule has 1 saturated heterocycles. The van der Waals surface area contributed by atoms with Crippen LogP contribution in [-0.4, -0.2) is 25.7 Å². The van der Waals surface area contributed by atoms with Gasteiger partial charge in [-0.25, -0.2) is 4.79 Å². The molecule has 4 nitrogen and oxygen atoms in total. The van der Waals surface area contributed by atoms with E-state index in [1.807, 2.05) is 6.07 Å². The molecule has 3 aliphatic rings. The van der Waals surface area contributed by atoms with Crippen molar-refractivity contribution in [1.82, 2.24) is 5.32 Å². The van der Waals surface area contributed by atoms with Crippen LogP contribution in [-0.2, 0) is 14.9 Å². The number of hydrogen-bond donors (Lipinski definition) is 2. The third-order valence-corrected chi connectivity index (χ3v) is 5.62. The van der Waals surface area contributed by atoms with Gasteiger partial charge in [0.05, 0.1) is 18.1 Å². The third-order valence-electron chi connectivity index (χ3n) is 5.62. The van der Waals surface area contributed by atoms with Crippen molar-refractivity contribution in [3.63, 3.8) is 0 Å². The van der Waals surface area contributed by atoms with Crippen LogP contribution in [0.15, 0.2) is 35.5 Å². The van der Waals surface area contributed by atoms with Gasteiger partial charge in [-0.3, -0.25) is 0 Å². The molecule has 2 atom stereocenters. The van der Waals surface area contributed by atoms with Gasteiger partial charge in [0.1, 0.15) is 0 Å². The smallest absolute Gasteiger partial charge is 0.335 e. The highest BCUT2D eigenvalue weighted by Gasteiger charge is 2.60. The van der Waals surface area contributed by atoms with Crippen molar-refractivity contribution in [3.05, 3.63) is 41.1 Å². The first-order valence-corrected chi connectivity index (χ1v) is 7.92. The summed E-state index contributed by atoms with van der Waals surface area (Å²) in [5, 5.41) is 7.24. The molecule has 1 spiro atoms. The highest BCUT2D eigenvalue weighted by molar-refractivity contribution is 5.93. The molecular weight excluding hydrogens is 276 g/mol. The Kier molecular flexibility index (Phi) is 2.74. The van der Waals surface area contributed by atoms with Crippen LogP contribution < -0.4 is 10.6 Å².